The Balaban J connectivity index is 3.67. The third kappa shape index (κ3) is 37.1. The summed E-state index contributed by atoms with van der Waals surface area (Å²) in [6.45, 7) is 13.8. The number of aliphatic hydroxyl groups excluding tert-OH is 1. The van der Waals surface area contributed by atoms with Crippen LogP contribution in [0.4, 0.5) is 0 Å². The minimum atomic E-state index is -0.557. The second-order valence-corrected chi connectivity index (χ2v) is 12.7. The van der Waals surface area contributed by atoms with E-state index in [0.717, 1.165) is 44.9 Å². The number of rotatable bonds is 44. The maximum absolute atomic E-state index is 12.5. The number of allylic oxidation sites excluding steroid dienone is 1. The third-order valence-electron chi connectivity index (χ3n) is 8.07. The normalized spacial score (nSPS) is 12.4. The zero-order chi connectivity index (χ0) is 40.5. The number of ketones is 1. The molecule has 0 amide bonds. The molecule has 0 spiro atoms. The first-order chi connectivity index (χ1) is 26.8. The van der Waals surface area contributed by atoms with Crippen LogP contribution < -0.4 is 0 Å². The number of carbonyl (C=O) groups excluding carboxylic acids is 3. The van der Waals surface area contributed by atoms with Crippen molar-refractivity contribution in [2.45, 2.75) is 84.5 Å². The molecule has 16 nitrogen and oxygen atoms in total. The molecule has 2 unspecified atom stereocenters. The van der Waals surface area contributed by atoms with Crippen molar-refractivity contribution >= 4 is 17.7 Å². The van der Waals surface area contributed by atoms with Gasteiger partial charge in [0.2, 0.25) is 0 Å². The SMILES string of the molecule is C=C(CCCCCCCCCC(=O)OCC(CC(C)C(=O)OCCOCCOCCOCCOCCOCCOCCOCCOCCO)C(=O)CC)OO. The summed E-state index contributed by atoms with van der Waals surface area (Å²) in [6.07, 6.45) is 8.24. The molecule has 2 atom stereocenters. The Kier molecular flexibility index (Phi) is 39.7. The molecular weight excluding hydrogens is 724 g/mol. The van der Waals surface area contributed by atoms with Crippen LogP contribution in [0, 0.1) is 11.8 Å². The van der Waals surface area contributed by atoms with E-state index in [0.29, 0.717) is 124 Å². The fraction of sp³-hybridized carbons (Fsp3) is 0.872. The van der Waals surface area contributed by atoms with E-state index in [2.05, 4.69) is 11.5 Å². The van der Waals surface area contributed by atoms with Gasteiger partial charge in [-0.25, -0.2) is 5.26 Å². The Morgan fingerprint density at radius 1 is 0.545 bits per heavy atom. The quantitative estimate of drug-likeness (QED) is 0.0291. The van der Waals surface area contributed by atoms with Gasteiger partial charge >= 0.3 is 11.9 Å². The number of hydrogen-bond donors (Lipinski definition) is 2. The zero-order valence-electron chi connectivity index (χ0n) is 33.7. The van der Waals surface area contributed by atoms with Crippen molar-refractivity contribution in [1.29, 1.82) is 0 Å². The second kappa shape index (κ2) is 41.4. The second-order valence-electron chi connectivity index (χ2n) is 12.7. The van der Waals surface area contributed by atoms with Gasteiger partial charge in [0.05, 0.1) is 124 Å². The lowest BCUT2D eigenvalue weighted by molar-refractivity contribution is -0.205. The monoisotopic (exact) mass is 796 g/mol. The van der Waals surface area contributed by atoms with Crippen LogP contribution in [0.5, 0.6) is 0 Å². The molecule has 324 valence electrons. The molecule has 0 saturated carbocycles. The summed E-state index contributed by atoms with van der Waals surface area (Å²) in [4.78, 5) is 41.4. The van der Waals surface area contributed by atoms with Crippen LogP contribution >= 0.6 is 0 Å². The molecule has 0 aliphatic heterocycles. The minimum Gasteiger partial charge on any atom is -0.465 e. The standard InChI is InChI=1S/C39H72O16/c1-4-37(41)36(33-54-38(42)13-11-9-7-5-6-8-10-12-35(3)55-44)32-34(2)39(43)53-31-30-52-29-28-51-27-26-50-25-24-49-23-22-48-21-20-47-19-18-46-17-16-45-15-14-40/h34,36,40,44H,3-33H2,1-2H3. The molecule has 0 fully saturated rings. The maximum atomic E-state index is 12.5. The predicted molar refractivity (Wildman–Crippen MR) is 203 cm³/mol. The van der Waals surface area contributed by atoms with Gasteiger partial charge in [-0.2, -0.15) is 0 Å². The van der Waals surface area contributed by atoms with E-state index < -0.39 is 17.8 Å². The molecule has 2 N–H and O–H groups in total. The number of esters is 2. The van der Waals surface area contributed by atoms with Crippen LogP contribution in [0.25, 0.3) is 0 Å². The number of unbranched alkanes of at least 4 members (excludes halogenated alkanes) is 6. The summed E-state index contributed by atoms with van der Waals surface area (Å²) in [5, 5.41) is 17.1. The minimum absolute atomic E-state index is 0.00984. The average molecular weight is 797 g/mol. The molecule has 0 heterocycles. The molecule has 0 rings (SSSR count). The summed E-state index contributed by atoms with van der Waals surface area (Å²) in [5.41, 5.74) is 0. The van der Waals surface area contributed by atoms with E-state index in [4.69, 9.17) is 57.7 Å². The number of Topliss-reactive ketones (excluding diaryl/α,β-unsaturated/α-hetero) is 1. The Labute approximate surface area is 328 Å². The molecule has 0 aliphatic rings. The van der Waals surface area contributed by atoms with Crippen molar-refractivity contribution in [1.82, 2.24) is 0 Å². The van der Waals surface area contributed by atoms with Crippen LogP contribution in [-0.4, -0.2) is 154 Å². The van der Waals surface area contributed by atoms with Crippen LogP contribution in [0.1, 0.15) is 84.5 Å². The molecule has 0 bridgehead atoms. The predicted octanol–water partition coefficient (Wildman–Crippen LogP) is 4.33. The molecule has 0 aromatic rings. The molecule has 16 heteroatoms. The molecule has 0 aromatic heterocycles. The van der Waals surface area contributed by atoms with E-state index in [1.54, 1.807) is 13.8 Å². The zero-order valence-corrected chi connectivity index (χ0v) is 33.7. The maximum Gasteiger partial charge on any atom is 0.308 e. The summed E-state index contributed by atoms with van der Waals surface area (Å²) in [7, 11) is 0. The molecule has 0 aliphatic carbocycles. The molecule has 0 radical (unpaired) electrons. The highest BCUT2D eigenvalue weighted by Crippen LogP contribution is 2.18. The Morgan fingerprint density at radius 2 is 0.927 bits per heavy atom. The molecular formula is C39H72O16. The Morgan fingerprint density at radius 3 is 1.33 bits per heavy atom. The first kappa shape index (κ1) is 52.8. The van der Waals surface area contributed by atoms with Crippen molar-refractivity contribution in [3.63, 3.8) is 0 Å². The highest BCUT2D eigenvalue weighted by Gasteiger charge is 2.26. The van der Waals surface area contributed by atoms with E-state index in [9.17, 15) is 14.4 Å². The third-order valence-corrected chi connectivity index (χ3v) is 8.07. The van der Waals surface area contributed by atoms with Gasteiger partial charge in [0, 0.05) is 19.3 Å². The van der Waals surface area contributed by atoms with Crippen LogP contribution in [0.3, 0.4) is 0 Å². The van der Waals surface area contributed by atoms with Crippen LogP contribution in [0.2, 0.25) is 0 Å². The van der Waals surface area contributed by atoms with Crippen LogP contribution in [0.15, 0.2) is 12.3 Å². The van der Waals surface area contributed by atoms with Crippen molar-refractivity contribution in [3.8, 4) is 0 Å². The Bertz CT molecular complexity index is 905. The Hall–Kier alpha value is -2.25. The smallest absolute Gasteiger partial charge is 0.308 e. The lowest BCUT2D eigenvalue weighted by Gasteiger charge is -2.19. The topological polar surface area (TPSA) is 193 Å². The van der Waals surface area contributed by atoms with Crippen molar-refractivity contribution in [3.05, 3.63) is 12.3 Å². The van der Waals surface area contributed by atoms with Crippen LogP contribution in [-0.2, 0) is 66.6 Å². The number of carbonyl (C=O) groups is 3. The largest absolute Gasteiger partial charge is 0.465 e. The van der Waals surface area contributed by atoms with Crippen molar-refractivity contribution in [2.24, 2.45) is 11.8 Å². The summed E-state index contributed by atoms with van der Waals surface area (Å²) in [5.74, 6) is -1.53. The summed E-state index contributed by atoms with van der Waals surface area (Å²) in [6, 6.07) is 0. The van der Waals surface area contributed by atoms with E-state index in [1.165, 1.54) is 0 Å². The summed E-state index contributed by atoms with van der Waals surface area (Å²) < 4.78 is 53.8. The van der Waals surface area contributed by atoms with Gasteiger partial charge in [-0.15, -0.1) is 0 Å². The van der Waals surface area contributed by atoms with Gasteiger partial charge in [0.25, 0.3) is 0 Å². The first-order valence-corrected chi connectivity index (χ1v) is 19.9. The molecule has 0 aromatic carbocycles. The van der Waals surface area contributed by atoms with E-state index in [1.807, 2.05) is 0 Å². The van der Waals surface area contributed by atoms with Gasteiger partial charge in [0.15, 0.2) is 0 Å². The van der Waals surface area contributed by atoms with Gasteiger partial charge in [0.1, 0.15) is 24.8 Å². The van der Waals surface area contributed by atoms with Crippen molar-refractivity contribution in [2.75, 3.05) is 126 Å². The van der Waals surface area contributed by atoms with Gasteiger partial charge in [-0.1, -0.05) is 52.5 Å². The highest BCUT2D eigenvalue weighted by molar-refractivity contribution is 5.82. The summed E-state index contributed by atoms with van der Waals surface area (Å²) >= 11 is 0. The fourth-order valence-corrected chi connectivity index (χ4v) is 4.94. The number of aliphatic hydroxyl groups is 1. The number of ether oxygens (including phenoxy) is 10. The van der Waals surface area contributed by atoms with Crippen molar-refractivity contribution < 1.29 is 77.0 Å². The first-order valence-electron chi connectivity index (χ1n) is 19.9. The lowest BCUT2D eigenvalue weighted by Crippen LogP contribution is -2.27. The molecule has 0 saturated heterocycles. The van der Waals surface area contributed by atoms with E-state index in [-0.39, 0.29) is 44.6 Å². The lowest BCUT2D eigenvalue weighted by atomic mass is 9.92. The fourth-order valence-electron chi connectivity index (χ4n) is 4.94. The average Bonchev–Trinajstić information content (AvgIpc) is 3.19. The van der Waals surface area contributed by atoms with Gasteiger partial charge < -0.3 is 57.4 Å². The highest BCUT2D eigenvalue weighted by atomic mass is 17.1. The number of hydrogen-bond acceptors (Lipinski definition) is 16. The molecule has 55 heavy (non-hydrogen) atoms. The van der Waals surface area contributed by atoms with Gasteiger partial charge in [-0.3, -0.25) is 14.4 Å². The van der Waals surface area contributed by atoms with E-state index >= 15 is 0 Å². The van der Waals surface area contributed by atoms with Gasteiger partial charge in [-0.05, 0) is 19.3 Å².